The third-order valence-corrected chi connectivity index (χ3v) is 7.03. The molecule has 1 aliphatic heterocycles. The molecule has 2 N–H and O–H groups in total. The van der Waals surface area contributed by atoms with Gasteiger partial charge >= 0.3 is 0 Å². The zero-order chi connectivity index (χ0) is 22.9. The fourth-order valence-electron chi connectivity index (χ4n) is 5.53. The van der Waals surface area contributed by atoms with Crippen LogP contribution in [0.4, 0.5) is 4.39 Å². The average Bonchev–Trinajstić information content (AvgIpc) is 2.63. The van der Waals surface area contributed by atoms with E-state index in [-0.39, 0.29) is 23.2 Å². The molecule has 0 radical (unpaired) electrons. The highest BCUT2D eigenvalue weighted by molar-refractivity contribution is 5.88. The lowest BCUT2D eigenvalue weighted by Gasteiger charge is -2.59. The summed E-state index contributed by atoms with van der Waals surface area (Å²) in [5, 5.41) is 6.20. The number of carbonyl (C=O) groups excluding carboxylic acids is 2. The standard InChI is InChI=1S/C25H38FN3O2/c1-6-25(7-2,19-8-10-20(26)11-9-19)22(31)27-14-18-12-24(13-18)16-29(17-24)15-21(30)28-23(3,4)5/h8-11,18H,6-7,12-17H2,1-5H3,(H,27,31)(H,28,30). The molecule has 1 heterocycles. The van der Waals surface area contributed by atoms with Crippen molar-refractivity contribution in [3.8, 4) is 0 Å². The zero-order valence-corrected chi connectivity index (χ0v) is 19.7. The summed E-state index contributed by atoms with van der Waals surface area (Å²) >= 11 is 0. The number of benzene rings is 1. The van der Waals surface area contributed by atoms with Gasteiger partial charge in [-0.2, -0.15) is 0 Å². The number of rotatable bonds is 8. The Bertz CT molecular complexity index is 782. The number of halogens is 1. The van der Waals surface area contributed by atoms with Crippen LogP contribution in [0.25, 0.3) is 0 Å². The van der Waals surface area contributed by atoms with Gasteiger partial charge < -0.3 is 10.6 Å². The van der Waals surface area contributed by atoms with Crippen LogP contribution in [-0.4, -0.2) is 48.4 Å². The van der Waals surface area contributed by atoms with Crippen LogP contribution in [0.1, 0.15) is 65.9 Å². The molecule has 0 atom stereocenters. The van der Waals surface area contributed by atoms with Gasteiger partial charge in [-0.05, 0) is 75.5 Å². The molecule has 31 heavy (non-hydrogen) atoms. The van der Waals surface area contributed by atoms with Crippen molar-refractivity contribution in [1.29, 1.82) is 0 Å². The van der Waals surface area contributed by atoms with Crippen LogP contribution in [0.5, 0.6) is 0 Å². The molecule has 1 aromatic rings. The van der Waals surface area contributed by atoms with Crippen LogP contribution < -0.4 is 10.6 Å². The Kier molecular flexibility index (Phi) is 6.80. The van der Waals surface area contributed by atoms with Gasteiger partial charge in [0.2, 0.25) is 11.8 Å². The summed E-state index contributed by atoms with van der Waals surface area (Å²) in [5.41, 5.74) is 0.410. The zero-order valence-electron chi connectivity index (χ0n) is 19.7. The van der Waals surface area contributed by atoms with E-state index in [1.807, 2.05) is 34.6 Å². The largest absolute Gasteiger partial charge is 0.355 e. The summed E-state index contributed by atoms with van der Waals surface area (Å²) in [6.07, 6.45) is 3.57. The summed E-state index contributed by atoms with van der Waals surface area (Å²) in [5.74, 6) is 0.338. The lowest BCUT2D eigenvalue weighted by Crippen LogP contribution is -2.65. The normalized spacial score (nSPS) is 18.9. The number of nitrogens with one attached hydrogen (secondary N) is 2. The Morgan fingerprint density at radius 1 is 1.10 bits per heavy atom. The molecular formula is C25H38FN3O2. The van der Waals surface area contributed by atoms with Crippen molar-refractivity contribution in [2.45, 2.75) is 71.3 Å². The number of amides is 2. The number of hydrogen-bond acceptors (Lipinski definition) is 3. The fourth-order valence-corrected chi connectivity index (χ4v) is 5.53. The molecule has 2 amide bonds. The molecule has 1 aromatic carbocycles. The first-order valence-corrected chi connectivity index (χ1v) is 11.6. The van der Waals surface area contributed by atoms with E-state index < -0.39 is 5.41 Å². The van der Waals surface area contributed by atoms with Gasteiger partial charge in [0, 0.05) is 25.2 Å². The molecule has 0 aromatic heterocycles. The van der Waals surface area contributed by atoms with E-state index >= 15 is 0 Å². The quantitative estimate of drug-likeness (QED) is 0.661. The first-order valence-electron chi connectivity index (χ1n) is 11.6. The van der Waals surface area contributed by atoms with E-state index in [0.29, 0.717) is 37.3 Å². The van der Waals surface area contributed by atoms with Crippen LogP contribution >= 0.6 is 0 Å². The van der Waals surface area contributed by atoms with E-state index in [0.717, 1.165) is 31.5 Å². The number of likely N-dealkylation sites (tertiary alicyclic amines) is 1. The van der Waals surface area contributed by atoms with Crippen LogP contribution in [-0.2, 0) is 15.0 Å². The van der Waals surface area contributed by atoms with Crippen molar-refractivity contribution in [1.82, 2.24) is 15.5 Å². The highest BCUT2D eigenvalue weighted by Crippen LogP contribution is 2.51. The van der Waals surface area contributed by atoms with Crippen LogP contribution in [0.3, 0.4) is 0 Å². The van der Waals surface area contributed by atoms with E-state index in [1.54, 1.807) is 12.1 Å². The summed E-state index contributed by atoms with van der Waals surface area (Å²) in [4.78, 5) is 27.4. The van der Waals surface area contributed by atoms with Gasteiger partial charge in [-0.3, -0.25) is 14.5 Å². The van der Waals surface area contributed by atoms with E-state index in [1.165, 1.54) is 12.1 Å². The Hall–Kier alpha value is -1.95. The summed E-state index contributed by atoms with van der Waals surface area (Å²) in [6.45, 7) is 13.1. The first-order chi connectivity index (χ1) is 14.5. The molecule has 3 rings (SSSR count). The van der Waals surface area contributed by atoms with Gasteiger partial charge in [0.25, 0.3) is 0 Å². The van der Waals surface area contributed by atoms with Gasteiger partial charge in [-0.25, -0.2) is 4.39 Å². The molecular weight excluding hydrogens is 393 g/mol. The van der Waals surface area contributed by atoms with Crippen molar-refractivity contribution >= 4 is 11.8 Å². The lowest BCUT2D eigenvalue weighted by atomic mass is 9.57. The van der Waals surface area contributed by atoms with Crippen molar-refractivity contribution in [2.75, 3.05) is 26.2 Å². The summed E-state index contributed by atoms with van der Waals surface area (Å²) < 4.78 is 13.3. The predicted octanol–water partition coefficient (Wildman–Crippen LogP) is 3.63. The van der Waals surface area contributed by atoms with Gasteiger partial charge in [-0.1, -0.05) is 26.0 Å². The smallest absolute Gasteiger partial charge is 0.234 e. The Balaban J connectivity index is 1.44. The monoisotopic (exact) mass is 431 g/mol. The minimum atomic E-state index is -0.608. The SMILES string of the molecule is CCC(CC)(C(=O)NCC1CC2(C1)CN(CC(=O)NC(C)(C)C)C2)c1ccc(F)cc1. The number of hydrogen-bond donors (Lipinski definition) is 2. The van der Waals surface area contributed by atoms with Crippen molar-refractivity contribution < 1.29 is 14.0 Å². The Labute approximate surface area is 186 Å². The van der Waals surface area contributed by atoms with Gasteiger partial charge in [0.1, 0.15) is 5.82 Å². The third kappa shape index (κ3) is 5.28. The second-order valence-corrected chi connectivity index (χ2v) is 10.7. The summed E-state index contributed by atoms with van der Waals surface area (Å²) in [6, 6.07) is 6.34. The molecule has 2 fully saturated rings. The fraction of sp³-hybridized carbons (Fsp3) is 0.680. The molecule has 1 aliphatic carbocycles. The van der Waals surface area contributed by atoms with Crippen molar-refractivity contribution in [2.24, 2.45) is 11.3 Å². The van der Waals surface area contributed by atoms with Crippen LogP contribution in [0.15, 0.2) is 24.3 Å². The minimum absolute atomic E-state index is 0.0409. The van der Waals surface area contributed by atoms with Crippen molar-refractivity contribution in [3.05, 3.63) is 35.6 Å². The lowest BCUT2D eigenvalue weighted by molar-refractivity contribution is -0.136. The highest BCUT2D eigenvalue weighted by Gasteiger charge is 2.52. The second-order valence-electron chi connectivity index (χ2n) is 10.7. The molecule has 0 bridgehead atoms. The average molecular weight is 432 g/mol. The van der Waals surface area contributed by atoms with E-state index in [2.05, 4.69) is 15.5 Å². The van der Waals surface area contributed by atoms with Crippen LogP contribution in [0.2, 0.25) is 0 Å². The van der Waals surface area contributed by atoms with Gasteiger partial charge in [0.15, 0.2) is 0 Å². The second kappa shape index (κ2) is 8.89. The third-order valence-electron chi connectivity index (χ3n) is 7.03. The molecule has 172 valence electrons. The maximum atomic E-state index is 13.3. The van der Waals surface area contributed by atoms with E-state index in [4.69, 9.17) is 0 Å². The maximum Gasteiger partial charge on any atom is 0.234 e. The molecule has 0 unspecified atom stereocenters. The van der Waals surface area contributed by atoms with Crippen LogP contribution in [0, 0.1) is 17.2 Å². The highest BCUT2D eigenvalue weighted by atomic mass is 19.1. The van der Waals surface area contributed by atoms with Crippen molar-refractivity contribution in [3.63, 3.8) is 0 Å². The van der Waals surface area contributed by atoms with Gasteiger partial charge in [0.05, 0.1) is 12.0 Å². The first kappa shape index (κ1) is 23.7. The molecule has 1 saturated heterocycles. The molecule has 1 spiro atoms. The number of carbonyl (C=O) groups is 2. The Morgan fingerprint density at radius 3 is 2.19 bits per heavy atom. The summed E-state index contributed by atoms with van der Waals surface area (Å²) in [7, 11) is 0. The maximum absolute atomic E-state index is 13.3. The van der Waals surface area contributed by atoms with E-state index in [9.17, 15) is 14.0 Å². The van der Waals surface area contributed by atoms with Gasteiger partial charge in [-0.15, -0.1) is 0 Å². The minimum Gasteiger partial charge on any atom is -0.355 e. The Morgan fingerprint density at radius 2 is 1.68 bits per heavy atom. The molecule has 1 saturated carbocycles. The molecule has 5 nitrogen and oxygen atoms in total. The molecule has 2 aliphatic rings. The number of nitrogens with zero attached hydrogens (tertiary/aromatic N) is 1. The molecule has 6 heteroatoms. The topological polar surface area (TPSA) is 61.4 Å². The predicted molar refractivity (Wildman–Crippen MR) is 121 cm³/mol.